The summed E-state index contributed by atoms with van der Waals surface area (Å²) in [5.74, 6) is 0.290. The summed E-state index contributed by atoms with van der Waals surface area (Å²) in [6.07, 6.45) is 7.35. The van der Waals surface area contributed by atoms with Gasteiger partial charge in [-0.3, -0.25) is 28.9 Å². The molecule has 1 saturated carbocycles. The zero-order valence-electron chi connectivity index (χ0n) is 17.4. The highest BCUT2D eigenvalue weighted by molar-refractivity contribution is 5.95. The number of piperidine rings is 1. The molecule has 2 fully saturated rings. The third-order valence-corrected chi connectivity index (χ3v) is 6.73. The van der Waals surface area contributed by atoms with E-state index in [-0.39, 0.29) is 29.5 Å². The standard InChI is InChI=1S/C22H23N5O5/c28-18-2-6-27(21(31)25-18)13-19(29)26-7-3-22(4-8-26)10-15(22)11-24-20(30)16-9-14-1-5-23-12-17(14)32-16/h1-2,5-6,9,12,15H,3-4,7-8,10-11,13H2,(H,24,30)(H,25,28,31). The molecule has 3 aromatic rings. The molecular formula is C22H23N5O5. The summed E-state index contributed by atoms with van der Waals surface area (Å²) in [5, 5.41) is 3.81. The topological polar surface area (TPSA) is 130 Å². The molecule has 1 saturated heterocycles. The molecule has 0 aromatic carbocycles. The Kier molecular flexibility index (Phi) is 4.91. The zero-order chi connectivity index (χ0) is 22.3. The number of hydrogen-bond acceptors (Lipinski definition) is 6. The van der Waals surface area contributed by atoms with E-state index in [1.807, 2.05) is 0 Å². The first-order chi connectivity index (χ1) is 15.4. The molecule has 32 heavy (non-hydrogen) atoms. The monoisotopic (exact) mass is 437 g/mol. The van der Waals surface area contributed by atoms with Crippen LogP contribution in [0.4, 0.5) is 0 Å². The van der Waals surface area contributed by atoms with Gasteiger partial charge in [0.25, 0.3) is 11.5 Å². The van der Waals surface area contributed by atoms with Crippen molar-refractivity contribution in [3.8, 4) is 0 Å². The molecule has 4 heterocycles. The highest BCUT2D eigenvalue weighted by atomic mass is 16.3. The van der Waals surface area contributed by atoms with Gasteiger partial charge in [-0.25, -0.2) is 4.79 Å². The Morgan fingerprint density at radius 3 is 2.81 bits per heavy atom. The number of nitrogens with zero attached hydrogens (tertiary/aromatic N) is 3. The zero-order valence-corrected chi connectivity index (χ0v) is 17.4. The Balaban J connectivity index is 1.11. The Bertz CT molecular complexity index is 1260. The molecular weight excluding hydrogens is 414 g/mol. The lowest BCUT2D eigenvalue weighted by atomic mass is 9.90. The van der Waals surface area contributed by atoms with E-state index in [1.165, 1.54) is 16.8 Å². The summed E-state index contributed by atoms with van der Waals surface area (Å²) < 4.78 is 6.77. The van der Waals surface area contributed by atoms with Gasteiger partial charge in [0.2, 0.25) is 5.91 Å². The molecule has 1 spiro atoms. The summed E-state index contributed by atoms with van der Waals surface area (Å²) in [6.45, 7) is 1.74. The largest absolute Gasteiger partial charge is 0.449 e. The Morgan fingerprint density at radius 1 is 1.25 bits per heavy atom. The normalized spacial score (nSPS) is 19.2. The molecule has 3 aromatic heterocycles. The van der Waals surface area contributed by atoms with Crippen LogP contribution in [-0.2, 0) is 11.3 Å². The minimum Gasteiger partial charge on any atom is -0.449 e. The number of likely N-dealkylation sites (tertiary alicyclic amines) is 1. The quantitative estimate of drug-likeness (QED) is 0.605. The summed E-state index contributed by atoms with van der Waals surface area (Å²) in [5.41, 5.74) is -0.320. The van der Waals surface area contributed by atoms with Gasteiger partial charge >= 0.3 is 5.69 Å². The molecule has 0 radical (unpaired) electrons. The average Bonchev–Trinajstić information content (AvgIpc) is 3.26. The molecule has 5 rings (SSSR count). The molecule has 1 aliphatic carbocycles. The lowest BCUT2D eigenvalue weighted by molar-refractivity contribution is -0.133. The van der Waals surface area contributed by atoms with E-state index in [0.717, 1.165) is 24.6 Å². The third kappa shape index (κ3) is 3.83. The van der Waals surface area contributed by atoms with Gasteiger partial charge < -0.3 is 14.6 Å². The van der Waals surface area contributed by atoms with Gasteiger partial charge in [-0.05, 0) is 42.7 Å². The van der Waals surface area contributed by atoms with E-state index in [9.17, 15) is 19.2 Å². The average molecular weight is 437 g/mol. The van der Waals surface area contributed by atoms with E-state index in [0.29, 0.717) is 31.1 Å². The number of fused-ring (bicyclic) bond motifs is 1. The van der Waals surface area contributed by atoms with Gasteiger partial charge in [0.15, 0.2) is 11.3 Å². The second kappa shape index (κ2) is 7.77. The van der Waals surface area contributed by atoms with Gasteiger partial charge in [0.1, 0.15) is 6.54 Å². The lowest BCUT2D eigenvalue weighted by Crippen LogP contribution is -2.43. The van der Waals surface area contributed by atoms with Crippen LogP contribution in [0.25, 0.3) is 11.0 Å². The van der Waals surface area contributed by atoms with Crippen LogP contribution in [-0.4, -0.2) is 50.9 Å². The van der Waals surface area contributed by atoms with Crippen molar-refractivity contribution in [1.29, 1.82) is 0 Å². The molecule has 10 heteroatoms. The second-order valence-corrected chi connectivity index (χ2v) is 8.62. The van der Waals surface area contributed by atoms with E-state index >= 15 is 0 Å². The van der Waals surface area contributed by atoms with Crippen LogP contribution in [0.15, 0.2) is 50.8 Å². The van der Waals surface area contributed by atoms with Crippen LogP contribution in [0.5, 0.6) is 0 Å². The number of hydrogen-bond donors (Lipinski definition) is 2. The molecule has 1 atom stereocenters. The van der Waals surface area contributed by atoms with Crippen molar-refractivity contribution in [2.75, 3.05) is 19.6 Å². The molecule has 2 N–H and O–H groups in total. The van der Waals surface area contributed by atoms with Crippen LogP contribution in [0.2, 0.25) is 0 Å². The van der Waals surface area contributed by atoms with Gasteiger partial charge in [-0.15, -0.1) is 0 Å². The van der Waals surface area contributed by atoms with E-state index in [1.54, 1.807) is 29.4 Å². The predicted molar refractivity (Wildman–Crippen MR) is 114 cm³/mol. The van der Waals surface area contributed by atoms with Gasteiger partial charge in [-0.1, -0.05) is 0 Å². The number of rotatable bonds is 5. The number of furan rings is 1. The van der Waals surface area contributed by atoms with Crippen molar-refractivity contribution >= 4 is 22.8 Å². The summed E-state index contributed by atoms with van der Waals surface area (Å²) in [6, 6.07) is 4.74. The van der Waals surface area contributed by atoms with Crippen LogP contribution in [0.1, 0.15) is 29.8 Å². The van der Waals surface area contributed by atoms with E-state index in [2.05, 4.69) is 15.3 Å². The molecule has 1 unspecified atom stereocenters. The van der Waals surface area contributed by atoms with Crippen molar-refractivity contribution in [1.82, 2.24) is 24.8 Å². The van der Waals surface area contributed by atoms with Crippen LogP contribution < -0.4 is 16.6 Å². The van der Waals surface area contributed by atoms with Crippen molar-refractivity contribution in [2.24, 2.45) is 11.3 Å². The van der Waals surface area contributed by atoms with Crippen LogP contribution in [0, 0.1) is 11.3 Å². The Morgan fingerprint density at radius 2 is 2.06 bits per heavy atom. The minimum atomic E-state index is -0.585. The SMILES string of the molecule is O=C(NCC1CC12CCN(C(=O)Cn1ccc(=O)[nH]c1=O)CC2)c1cc2ccncc2o1. The van der Waals surface area contributed by atoms with Gasteiger partial charge in [-0.2, -0.15) is 0 Å². The summed E-state index contributed by atoms with van der Waals surface area (Å²) in [4.78, 5) is 55.9. The fourth-order valence-electron chi connectivity index (χ4n) is 4.65. The van der Waals surface area contributed by atoms with E-state index < -0.39 is 11.2 Å². The van der Waals surface area contributed by atoms with Crippen LogP contribution >= 0.6 is 0 Å². The number of nitrogens with one attached hydrogen (secondary N) is 2. The molecule has 2 amide bonds. The predicted octanol–water partition coefficient (Wildman–Crippen LogP) is 0.737. The van der Waals surface area contributed by atoms with Gasteiger partial charge in [0, 0.05) is 43.5 Å². The fraction of sp³-hybridized carbons (Fsp3) is 0.409. The molecule has 1 aliphatic heterocycles. The summed E-state index contributed by atoms with van der Waals surface area (Å²) in [7, 11) is 0. The number of H-pyrrole nitrogens is 1. The maximum absolute atomic E-state index is 12.6. The summed E-state index contributed by atoms with van der Waals surface area (Å²) >= 11 is 0. The van der Waals surface area contributed by atoms with Crippen molar-refractivity contribution in [2.45, 2.75) is 25.8 Å². The third-order valence-electron chi connectivity index (χ3n) is 6.73. The number of amides is 2. The first-order valence-electron chi connectivity index (χ1n) is 10.6. The number of carbonyl (C=O) groups is 2. The molecule has 10 nitrogen and oxygen atoms in total. The molecule has 0 bridgehead atoms. The molecule has 2 aliphatic rings. The van der Waals surface area contributed by atoms with Crippen LogP contribution in [0.3, 0.4) is 0 Å². The van der Waals surface area contributed by atoms with Gasteiger partial charge in [0.05, 0.1) is 6.20 Å². The van der Waals surface area contributed by atoms with Crippen molar-refractivity contribution in [3.63, 3.8) is 0 Å². The first-order valence-corrected chi connectivity index (χ1v) is 10.6. The molecule has 166 valence electrons. The Hall–Kier alpha value is -3.69. The minimum absolute atomic E-state index is 0.0882. The highest BCUT2D eigenvalue weighted by Gasteiger charge is 2.54. The highest BCUT2D eigenvalue weighted by Crippen LogP contribution is 2.59. The number of carbonyl (C=O) groups excluding carboxylic acids is 2. The van der Waals surface area contributed by atoms with Crippen molar-refractivity contribution < 1.29 is 14.0 Å². The van der Waals surface area contributed by atoms with E-state index in [4.69, 9.17) is 4.42 Å². The number of pyridine rings is 1. The maximum atomic E-state index is 12.6. The lowest BCUT2D eigenvalue weighted by Gasteiger charge is -2.33. The maximum Gasteiger partial charge on any atom is 0.328 e. The number of aromatic nitrogens is 3. The fourth-order valence-corrected chi connectivity index (χ4v) is 4.65. The number of aromatic amines is 1. The van der Waals surface area contributed by atoms with Crippen molar-refractivity contribution in [3.05, 3.63) is 63.4 Å². The first kappa shape index (κ1) is 20.2. The second-order valence-electron chi connectivity index (χ2n) is 8.62. The Labute approximate surface area is 182 Å². The smallest absolute Gasteiger partial charge is 0.328 e.